The zero-order chi connectivity index (χ0) is 19.8. The number of fused-ring (bicyclic) bond motifs is 1. The average Bonchev–Trinajstić information content (AvgIpc) is 3.31. The standard InChI is InChI=1S/C18H29Cl2N8/c19-5-1-8-26-13-14-27(9-2-6-20)18(26)24-23-16-15-22-28-12-4-11-25(17(16)28)10-3-7-21/h13-15H,1-12,21H2/q+1. The van der Waals surface area contributed by atoms with Crippen molar-refractivity contribution in [3.05, 3.63) is 18.6 Å². The number of imidazole rings is 1. The topological polar surface area (TPSA) is 80.6 Å². The van der Waals surface area contributed by atoms with Gasteiger partial charge in [-0.15, -0.1) is 23.2 Å². The number of aryl methyl sites for hydroxylation is 3. The molecule has 0 radical (unpaired) electrons. The lowest BCUT2D eigenvalue weighted by Crippen LogP contribution is -2.34. The van der Waals surface area contributed by atoms with Gasteiger partial charge in [0.05, 0.1) is 31.7 Å². The molecule has 0 saturated carbocycles. The van der Waals surface area contributed by atoms with Gasteiger partial charge in [-0.2, -0.15) is 5.10 Å². The van der Waals surface area contributed by atoms with Gasteiger partial charge in [0.2, 0.25) is 0 Å². The van der Waals surface area contributed by atoms with Crippen LogP contribution in [-0.2, 0) is 19.6 Å². The minimum atomic E-state index is 0.615. The Labute approximate surface area is 175 Å². The number of hydrogen-bond acceptors (Lipinski definition) is 5. The molecular formula is C18H29Cl2N8+. The van der Waals surface area contributed by atoms with E-state index in [2.05, 4.69) is 29.4 Å². The number of rotatable bonds is 11. The third-order valence-corrected chi connectivity index (χ3v) is 5.31. The summed E-state index contributed by atoms with van der Waals surface area (Å²) in [6, 6.07) is 0. The van der Waals surface area contributed by atoms with Crippen LogP contribution in [0.3, 0.4) is 0 Å². The van der Waals surface area contributed by atoms with Crippen molar-refractivity contribution in [2.45, 2.75) is 45.3 Å². The predicted molar refractivity (Wildman–Crippen MR) is 112 cm³/mol. The van der Waals surface area contributed by atoms with Crippen molar-refractivity contribution in [2.75, 3.05) is 36.3 Å². The van der Waals surface area contributed by atoms with Gasteiger partial charge < -0.3 is 10.6 Å². The lowest BCUT2D eigenvalue weighted by Gasteiger charge is -2.29. The maximum Gasteiger partial charge on any atom is 0.421 e. The first-order chi connectivity index (χ1) is 13.8. The Morgan fingerprint density at radius 3 is 2.75 bits per heavy atom. The molecule has 2 aromatic heterocycles. The van der Waals surface area contributed by atoms with E-state index in [1.54, 1.807) is 6.20 Å². The first-order valence-electron chi connectivity index (χ1n) is 9.91. The molecule has 0 bridgehead atoms. The third-order valence-electron chi connectivity index (χ3n) is 4.78. The van der Waals surface area contributed by atoms with Gasteiger partial charge in [-0.05, 0) is 32.2 Å². The zero-order valence-electron chi connectivity index (χ0n) is 16.2. The lowest BCUT2D eigenvalue weighted by molar-refractivity contribution is -0.683. The smallest absolute Gasteiger partial charge is 0.355 e. The van der Waals surface area contributed by atoms with Crippen LogP contribution in [0.25, 0.3) is 0 Å². The highest BCUT2D eigenvalue weighted by Crippen LogP contribution is 2.32. The Balaban J connectivity index is 1.85. The van der Waals surface area contributed by atoms with Crippen LogP contribution in [0.2, 0.25) is 0 Å². The monoisotopic (exact) mass is 427 g/mol. The highest BCUT2D eigenvalue weighted by atomic mass is 35.5. The summed E-state index contributed by atoms with van der Waals surface area (Å²) in [5.74, 6) is 3.07. The Hall–Kier alpha value is -1.64. The van der Waals surface area contributed by atoms with E-state index in [0.29, 0.717) is 18.3 Å². The molecule has 0 spiro atoms. The van der Waals surface area contributed by atoms with Crippen LogP contribution >= 0.6 is 23.2 Å². The van der Waals surface area contributed by atoms with Crippen LogP contribution in [0.15, 0.2) is 28.8 Å². The molecule has 2 aromatic rings. The van der Waals surface area contributed by atoms with Crippen molar-refractivity contribution >= 4 is 40.7 Å². The molecule has 0 fully saturated rings. The minimum Gasteiger partial charge on any atom is -0.355 e. The predicted octanol–water partition coefficient (Wildman–Crippen LogP) is 3.20. The summed E-state index contributed by atoms with van der Waals surface area (Å²) in [5, 5.41) is 13.7. The van der Waals surface area contributed by atoms with Gasteiger partial charge in [-0.1, -0.05) is 5.11 Å². The fourth-order valence-electron chi connectivity index (χ4n) is 3.43. The maximum absolute atomic E-state index is 5.87. The first-order valence-corrected chi connectivity index (χ1v) is 11.0. The molecule has 8 nitrogen and oxygen atoms in total. The second kappa shape index (κ2) is 10.8. The lowest BCUT2D eigenvalue weighted by atomic mass is 10.2. The number of alkyl halides is 2. The Kier molecular flexibility index (Phi) is 8.12. The van der Waals surface area contributed by atoms with E-state index >= 15 is 0 Å². The molecule has 28 heavy (non-hydrogen) atoms. The van der Waals surface area contributed by atoms with Crippen LogP contribution in [0.4, 0.5) is 17.5 Å². The second-order valence-corrected chi connectivity index (χ2v) is 7.59. The van der Waals surface area contributed by atoms with E-state index in [-0.39, 0.29) is 0 Å². The van der Waals surface area contributed by atoms with E-state index < -0.39 is 0 Å². The van der Waals surface area contributed by atoms with Crippen LogP contribution in [-0.4, -0.2) is 45.7 Å². The number of anilines is 1. The summed E-state index contributed by atoms with van der Waals surface area (Å²) < 4.78 is 6.19. The maximum atomic E-state index is 5.87. The van der Waals surface area contributed by atoms with Crippen molar-refractivity contribution in [2.24, 2.45) is 16.0 Å². The molecule has 2 N–H and O–H groups in total. The number of aromatic nitrogens is 4. The van der Waals surface area contributed by atoms with Gasteiger partial charge in [0.15, 0.2) is 11.5 Å². The molecule has 3 rings (SSSR count). The minimum absolute atomic E-state index is 0.615. The number of hydrogen-bond donors (Lipinski definition) is 1. The molecule has 3 heterocycles. The van der Waals surface area contributed by atoms with Gasteiger partial charge in [0, 0.05) is 36.5 Å². The van der Waals surface area contributed by atoms with Crippen molar-refractivity contribution in [3.63, 3.8) is 0 Å². The number of halogens is 2. The Bertz CT molecular complexity index is 744. The van der Waals surface area contributed by atoms with Gasteiger partial charge in [-0.3, -0.25) is 0 Å². The summed E-state index contributed by atoms with van der Waals surface area (Å²) in [7, 11) is 0. The SMILES string of the molecule is NCCCN1CCCn2ncc(N=Nc3n(CCCCl)cc[n+]3CCCCl)c21. The van der Waals surface area contributed by atoms with Crippen molar-refractivity contribution in [1.82, 2.24) is 14.3 Å². The van der Waals surface area contributed by atoms with Gasteiger partial charge >= 0.3 is 5.95 Å². The molecule has 0 unspecified atom stereocenters. The van der Waals surface area contributed by atoms with Crippen LogP contribution < -0.4 is 15.2 Å². The van der Waals surface area contributed by atoms with Crippen molar-refractivity contribution in [3.8, 4) is 0 Å². The van der Waals surface area contributed by atoms with E-state index in [9.17, 15) is 0 Å². The van der Waals surface area contributed by atoms with Crippen molar-refractivity contribution < 1.29 is 4.57 Å². The summed E-state index contributed by atoms with van der Waals surface area (Å²) in [5.41, 5.74) is 6.50. The summed E-state index contributed by atoms with van der Waals surface area (Å²) in [6.07, 6.45) is 9.63. The average molecular weight is 428 g/mol. The molecule has 0 saturated heterocycles. The molecule has 10 heteroatoms. The quantitative estimate of drug-likeness (QED) is 0.339. The van der Waals surface area contributed by atoms with Crippen LogP contribution in [0.5, 0.6) is 0 Å². The van der Waals surface area contributed by atoms with Gasteiger partial charge in [0.25, 0.3) is 0 Å². The summed E-state index contributed by atoms with van der Waals surface area (Å²) in [6.45, 7) is 5.10. The molecule has 154 valence electrons. The highest BCUT2D eigenvalue weighted by Gasteiger charge is 2.23. The van der Waals surface area contributed by atoms with Crippen molar-refractivity contribution in [1.29, 1.82) is 0 Å². The van der Waals surface area contributed by atoms with Gasteiger partial charge in [0.1, 0.15) is 0 Å². The molecular weight excluding hydrogens is 399 g/mol. The van der Waals surface area contributed by atoms with E-state index in [1.807, 2.05) is 17.1 Å². The molecule has 0 atom stereocenters. The number of nitrogens with zero attached hydrogens (tertiary/aromatic N) is 7. The Morgan fingerprint density at radius 1 is 1.11 bits per heavy atom. The van der Waals surface area contributed by atoms with E-state index in [0.717, 1.165) is 75.9 Å². The normalized spacial score (nSPS) is 14.2. The molecule has 1 aliphatic heterocycles. The molecule has 0 aliphatic carbocycles. The second-order valence-electron chi connectivity index (χ2n) is 6.83. The van der Waals surface area contributed by atoms with Crippen LogP contribution in [0.1, 0.15) is 25.7 Å². The number of azo groups is 1. The molecule has 1 aliphatic rings. The fourth-order valence-corrected chi connectivity index (χ4v) is 3.67. The Morgan fingerprint density at radius 2 is 1.96 bits per heavy atom. The highest BCUT2D eigenvalue weighted by molar-refractivity contribution is 6.18. The molecule has 0 amide bonds. The fraction of sp³-hybridized carbons (Fsp3) is 0.667. The zero-order valence-corrected chi connectivity index (χ0v) is 17.7. The number of nitrogens with two attached hydrogens (primary N) is 1. The summed E-state index contributed by atoms with van der Waals surface area (Å²) >= 11 is 11.7. The van der Waals surface area contributed by atoms with Crippen LogP contribution in [0, 0.1) is 0 Å². The van der Waals surface area contributed by atoms with E-state index in [4.69, 9.17) is 28.9 Å². The molecule has 0 aromatic carbocycles. The summed E-state index contributed by atoms with van der Waals surface area (Å²) in [4.78, 5) is 2.31. The third kappa shape index (κ3) is 5.04. The largest absolute Gasteiger partial charge is 0.421 e. The first kappa shape index (κ1) is 21.1. The van der Waals surface area contributed by atoms with E-state index in [1.165, 1.54) is 0 Å². The van der Waals surface area contributed by atoms with Gasteiger partial charge in [-0.25, -0.2) is 13.8 Å².